The summed E-state index contributed by atoms with van der Waals surface area (Å²) < 4.78 is 1.62. The molecule has 1 fully saturated rings. The van der Waals surface area contributed by atoms with Gasteiger partial charge in [-0.1, -0.05) is 6.07 Å². The van der Waals surface area contributed by atoms with Crippen LogP contribution in [-0.2, 0) is 11.3 Å². The molecule has 0 bridgehead atoms. The van der Waals surface area contributed by atoms with Gasteiger partial charge in [-0.15, -0.1) is 0 Å². The maximum Gasteiger partial charge on any atom is 0.250 e. The molecule has 1 aromatic rings. The topological polar surface area (TPSA) is 51.1 Å². The Morgan fingerprint density at radius 1 is 1.43 bits per heavy atom. The number of amides is 1. The minimum atomic E-state index is -0.0198. The first-order valence-electron chi connectivity index (χ1n) is 4.70. The van der Waals surface area contributed by atoms with E-state index >= 15 is 0 Å². The standard InChI is InChI=1S/C10H12N2O2/c13-9-5-4-8(11-9)7-12-6-2-1-3-10(12)14/h1-3,6,8H,4-5,7H2,(H,11,13). The van der Waals surface area contributed by atoms with Gasteiger partial charge >= 0.3 is 0 Å². The van der Waals surface area contributed by atoms with Crippen LogP contribution in [0.4, 0.5) is 0 Å². The summed E-state index contributed by atoms with van der Waals surface area (Å²) in [5, 5.41) is 2.83. The Morgan fingerprint density at radius 3 is 2.93 bits per heavy atom. The van der Waals surface area contributed by atoms with Crippen LogP contribution >= 0.6 is 0 Å². The summed E-state index contributed by atoms with van der Waals surface area (Å²) in [6.07, 6.45) is 3.14. The molecule has 1 aliphatic rings. The Labute approximate surface area is 81.6 Å². The molecule has 0 aliphatic carbocycles. The number of pyridine rings is 1. The zero-order valence-electron chi connectivity index (χ0n) is 7.77. The Bertz CT molecular complexity index is 397. The number of rotatable bonds is 2. The molecular formula is C10H12N2O2. The van der Waals surface area contributed by atoms with Crippen LogP contribution in [0.25, 0.3) is 0 Å². The number of nitrogens with one attached hydrogen (secondary N) is 1. The van der Waals surface area contributed by atoms with Crippen LogP contribution in [0.15, 0.2) is 29.2 Å². The highest BCUT2D eigenvalue weighted by atomic mass is 16.2. The van der Waals surface area contributed by atoms with Crippen molar-refractivity contribution < 1.29 is 4.79 Å². The number of nitrogens with zero attached hydrogens (tertiary/aromatic N) is 1. The zero-order valence-corrected chi connectivity index (χ0v) is 7.77. The molecule has 0 saturated carbocycles. The van der Waals surface area contributed by atoms with Crippen LogP contribution in [0.5, 0.6) is 0 Å². The van der Waals surface area contributed by atoms with Gasteiger partial charge in [-0.05, 0) is 12.5 Å². The van der Waals surface area contributed by atoms with Gasteiger partial charge in [-0.3, -0.25) is 9.59 Å². The van der Waals surface area contributed by atoms with Gasteiger partial charge in [0.25, 0.3) is 5.56 Å². The van der Waals surface area contributed by atoms with Crippen molar-refractivity contribution in [2.24, 2.45) is 0 Å². The highest BCUT2D eigenvalue weighted by Crippen LogP contribution is 2.07. The smallest absolute Gasteiger partial charge is 0.250 e. The molecular weight excluding hydrogens is 180 g/mol. The van der Waals surface area contributed by atoms with E-state index in [1.165, 1.54) is 6.07 Å². The maximum absolute atomic E-state index is 11.3. The SMILES string of the molecule is O=C1CCC(Cn2ccccc2=O)N1. The second kappa shape index (κ2) is 3.65. The molecule has 1 aliphatic heterocycles. The maximum atomic E-state index is 11.3. The van der Waals surface area contributed by atoms with E-state index in [0.717, 1.165) is 6.42 Å². The molecule has 4 heteroatoms. The minimum absolute atomic E-state index is 0.0198. The summed E-state index contributed by atoms with van der Waals surface area (Å²) in [6, 6.07) is 5.17. The summed E-state index contributed by atoms with van der Waals surface area (Å²) in [6.45, 7) is 0.575. The monoisotopic (exact) mass is 192 g/mol. The minimum Gasteiger partial charge on any atom is -0.352 e. The number of carbonyl (C=O) groups is 1. The fourth-order valence-corrected chi connectivity index (χ4v) is 1.66. The fraction of sp³-hybridized carbons (Fsp3) is 0.400. The first-order valence-corrected chi connectivity index (χ1v) is 4.70. The van der Waals surface area contributed by atoms with Crippen LogP contribution < -0.4 is 10.9 Å². The molecule has 0 aromatic carbocycles. The Kier molecular flexibility index (Phi) is 2.35. The van der Waals surface area contributed by atoms with Gasteiger partial charge in [0.05, 0.1) is 0 Å². The zero-order chi connectivity index (χ0) is 9.97. The Morgan fingerprint density at radius 2 is 2.29 bits per heavy atom. The third-order valence-corrected chi connectivity index (χ3v) is 2.40. The quantitative estimate of drug-likeness (QED) is 0.724. The number of hydrogen-bond donors (Lipinski definition) is 1. The van der Waals surface area contributed by atoms with Crippen LogP contribution in [0.1, 0.15) is 12.8 Å². The first-order chi connectivity index (χ1) is 6.75. The lowest BCUT2D eigenvalue weighted by Gasteiger charge is -2.11. The second-order valence-corrected chi connectivity index (χ2v) is 3.49. The van der Waals surface area contributed by atoms with Gasteiger partial charge in [0.2, 0.25) is 5.91 Å². The average Bonchev–Trinajstić information content (AvgIpc) is 2.56. The van der Waals surface area contributed by atoms with Crippen molar-refractivity contribution in [3.05, 3.63) is 34.7 Å². The van der Waals surface area contributed by atoms with Gasteiger partial charge in [0, 0.05) is 31.3 Å². The van der Waals surface area contributed by atoms with E-state index in [1.807, 2.05) is 6.07 Å². The van der Waals surface area contributed by atoms with Crippen molar-refractivity contribution in [1.29, 1.82) is 0 Å². The highest BCUT2D eigenvalue weighted by molar-refractivity contribution is 5.78. The van der Waals surface area contributed by atoms with E-state index in [0.29, 0.717) is 13.0 Å². The predicted octanol–water partition coefficient (Wildman–Crippen LogP) is 0.127. The summed E-state index contributed by atoms with van der Waals surface area (Å²) in [5.74, 6) is 0.0824. The van der Waals surface area contributed by atoms with Crippen LogP contribution in [0.2, 0.25) is 0 Å². The van der Waals surface area contributed by atoms with E-state index in [9.17, 15) is 9.59 Å². The molecule has 2 heterocycles. The molecule has 1 N–H and O–H groups in total. The molecule has 4 nitrogen and oxygen atoms in total. The van der Waals surface area contributed by atoms with Crippen LogP contribution in [-0.4, -0.2) is 16.5 Å². The van der Waals surface area contributed by atoms with E-state index < -0.39 is 0 Å². The van der Waals surface area contributed by atoms with Crippen molar-refractivity contribution in [2.45, 2.75) is 25.4 Å². The van der Waals surface area contributed by atoms with Crippen molar-refractivity contribution in [3.63, 3.8) is 0 Å². The highest BCUT2D eigenvalue weighted by Gasteiger charge is 2.20. The lowest BCUT2D eigenvalue weighted by Crippen LogP contribution is -2.33. The van der Waals surface area contributed by atoms with Gasteiger partial charge in [0.15, 0.2) is 0 Å². The number of hydrogen-bond acceptors (Lipinski definition) is 2. The molecule has 1 aromatic heterocycles. The summed E-state index contributed by atoms with van der Waals surface area (Å²) in [4.78, 5) is 22.3. The van der Waals surface area contributed by atoms with Crippen LogP contribution in [0, 0.1) is 0 Å². The third-order valence-electron chi connectivity index (χ3n) is 2.40. The third kappa shape index (κ3) is 1.84. The van der Waals surface area contributed by atoms with Gasteiger partial charge in [-0.2, -0.15) is 0 Å². The lowest BCUT2D eigenvalue weighted by atomic mass is 10.2. The van der Waals surface area contributed by atoms with Crippen molar-refractivity contribution in [3.8, 4) is 0 Å². The lowest BCUT2D eigenvalue weighted by molar-refractivity contribution is -0.119. The Balaban J connectivity index is 2.08. The molecule has 1 atom stereocenters. The molecule has 1 amide bonds. The molecule has 14 heavy (non-hydrogen) atoms. The normalized spacial score (nSPS) is 20.9. The number of carbonyl (C=O) groups excluding carboxylic acids is 1. The summed E-state index contributed by atoms with van der Waals surface area (Å²) in [5.41, 5.74) is -0.0198. The van der Waals surface area contributed by atoms with E-state index in [-0.39, 0.29) is 17.5 Å². The molecule has 0 radical (unpaired) electrons. The fourth-order valence-electron chi connectivity index (χ4n) is 1.66. The van der Waals surface area contributed by atoms with E-state index in [4.69, 9.17) is 0 Å². The molecule has 74 valence electrons. The molecule has 1 saturated heterocycles. The van der Waals surface area contributed by atoms with E-state index in [1.54, 1.807) is 16.8 Å². The van der Waals surface area contributed by atoms with Crippen molar-refractivity contribution >= 4 is 5.91 Å². The largest absolute Gasteiger partial charge is 0.352 e. The average molecular weight is 192 g/mol. The van der Waals surface area contributed by atoms with Gasteiger partial charge in [0.1, 0.15) is 0 Å². The summed E-state index contributed by atoms with van der Waals surface area (Å²) >= 11 is 0. The molecule has 2 rings (SSSR count). The Hall–Kier alpha value is -1.58. The molecule has 1 unspecified atom stereocenters. The van der Waals surface area contributed by atoms with Gasteiger partial charge < -0.3 is 9.88 Å². The van der Waals surface area contributed by atoms with Crippen molar-refractivity contribution in [2.75, 3.05) is 0 Å². The second-order valence-electron chi connectivity index (χ2n) is 3.49. The predicted molar refractivity (Wildman–Crippen MR) is 51.9 cm³/mol. The first kappa shape index (κ1) is 8.99. The van der Waals surface area contributed by atoms with Gasteiger partial charge in [-0.25, -0.2) is 0 Å². The van der Waals surface area contributed by atoms with Crippen molar-refractivity contribution in [1.82, 2.24) is 9.88 Å². The van der Waals surface area contributed by atoms with Crippen LogP contribution in [0.3, 0.4) is 0 Å². The molecule has 0 spiro atoms. The number of aromatic nitrogens is 1. The van der Waals surface area contributed by atoms with E-state index in [2.05, 4.69) is 5.32 Å². The summed E-state index contributed by atoms with van der Waals surface area (Å²) in [7, 11) is 0.